The second-order valence-corrected chi connectivity index (χ2v) is 5.02. The molecule has 3 heteroatoms. The quantitative estimate of drug-likeness (QED) is 0.740. The monoisotopic (exact) mass is 277 g/mol. The number of anilines is 1. The lowest BCUT2D eigenvalue weighted by Gasteiger charge is -2.08. The Hall–Kier alpha value is -2.81. The molecule has 0 saturated heterocycles. The molecule has 0 radical (unpaired) electrons. The van der Waals surface area contributed by atoms with Gasteiger partial charge < -0.3 is 10.4 Å². The fourth-order valence-electron chi connectivity index (χ4n) is 2.27. The highest BCUT2D eigenvalue weighted by atomic mass is 16.3. The average molecular weight is 277 g/mol. The molecule has 0 heterocycles. The lowest BCUT2D eigenvalue weighted by Crippen LogP contribution is -2.11. The van der Waals surface area contributed by atoms with E-state index in [0.29, 0.717) is 11.1 Å². The molecule has 0 aliphatic carbocycles. The minimum Gasteiger partial charge on any atom is -0.508 e. The highest BCUT2D eigenvalue weighted by Gasteiger charge is 2.08. The van der Waals surface area contributed by atoms with Crippen molar-refractivity contribution in [1.82, 2.24) is 0 Å². The van der Waals surface area contributed by atoms with E-state index in [1.165, 1.54) is 6.07 Å². The fourth-order valence-corrected chi connectivity index (χ4v) is 2.27. The van der Waals surface area contributed by atoms with Crippen LogP contribution < -0.4 is 5.32 Å². The number of rotatable bonds is 2. The zero-order valence-corrected chi connectivity index (χ0v) is 11.6. The van der Waals surface area contributed by atoms with Crippen molar-refractivity contribution in [2.75, 3.05) is 5.32 Å². The lowest BCUT2D eigenvalue weighted by atomic mass is 10.1. The van der Waals surface area contributed by atoms with Crippen molar-refractivity contribution >= 4 is 22.4 Å². The number of amides is 1. The number of carbonyl (C=O) groups excluding carboxylic acids is 1. The number of hydrogen-bond acceptors (Lipinski definition) is 2. The highest BCUT2D eigenvalue weighted by Crippen LogP contribution is 2.21. The molecule has 21 heavy (non-hydrogen) atoms. The first-order chi connectivity index (χ1) is 10.1. The Balaban J connectivity index is 1.87. The molecule has 3 aromatic rings. The number of aryl methyl sites for hydroxylation is 1. The van der Waals surface area contributed by atoms with Crippen LogP contribution in [0.1, 0.15) is 15.9 Å². The molecule has 3 aromatic carbocycles. The summed E-state index contributed by atoms with van der Waals surface area (Å²) in [7, 11) is 0. The van der Waals surface area contributed by atoms with Crippen LogP contribution in [0.2, 0.25) is 0 Å². The van der Waals surface area contributed by atoms with E-state index in [2.05, 4.69) is 5.32 Å². The van der Waals surface area contributed by atoms with Crippen LogP contribution in [0.3, 0.4) is 0 Å². The fraction of sp³-hybridized carbons (Fsp3) is 0.0556. The van der Waals surface area contributed by atoms with Gasteiger partial charge in [-0.2, -0.15) is 0 Å². The van der Waals surface area contributed by atoms with Crippen LogP contribution >= 0.6 is 0 Å². The normalized spacial score (nSPS) is 10.5. The van der Waals surface area contributed by atoms with Gasteiger partial charge in [0, 0.05) is 11.3 Å². The summed E-state index contributed by atoms with van der Waals surface area (Å²) in [5.41, 5.74) is 1.96. The predicted molar refractivity (Wildman–Crippen MR) is 84.7 cm³/mol. The maximum absolute atomic E-state index is 12.2. The number of phenols is 1. The van der Waals surface area contributed by atoms with E-state index in [-0.39, 0.29) is 11.7 Å². The van der Waals surface area contributed by atoms with Crippen LogP contribution in [0.15, 0.2) is 60.7 Å². The van der Waals surface area contributed by atoms with Gasteiger partial charge in [-0.25, -0.2) is 0 Å². The molecule has 0 unspecified atom stereocenters. The standard InChI is InChI=1S/C18H15NO2/c1-12-10-15(7-9-17(12)20)18(21)19-16-8-6-13-4-2-3-5-14(13)11-16/h2-11,20H,1H3,(H,19,21). The highest BCUT2D eigenvalue weighted by molar-refractivity contribution is 6.05. The second-order valence-electron chi connectivity index (χ2n) is 5.02. The first-order valence-electron chi connectivity index (χ1n) is 6.73. The molecule has 1 amide bonds. The number of nitrogens with one attached hydrogen (secondary N) is 1. The molecule has 0 bridgehead atoms. The number of benzene rings is 3. The lowest BCUT2D eigenvalue weighted by molar-refractivity contribution is 0.102. The predicted octanol–water partition coefficient (Wildman–Crippen LogP) is 4.11. The number of aromatic hydroxyl groups is 1. The summed E-state index contributed by atoms with van der Waals surface area (Å²) >= 11 is 0. The summed E-state index contributed by atoms with van der Waals surface area (Å²) < 4.78 is 0. The zero-order valence-electron chi connectivity index (χ0n) is 11.6. The number of carbonyl (C=O) groups is 1. The molecule has 0 spiro atoms. The summed E-state index contributed by atoms with van der Waals surface area (Å²) in [4.78, 5) is 12.2. The van der Waals surface area contributed by atoms with Crippen molar-refractivity contribution in [3.63, 3.8) is 0 Å². The maximum atomic E-state index is 12.2. The summed E-state index contributed by atoms with van der Waals surface area (Å²) in [5.74, 6) is 0.00522. The van der Waals surface area contributed by atoms with Gasteiger partial charge in [0.05, 0.1) is 0 Å². The van der Waals surface area contributed by atoms with Crippen LogP contribution in [-0.4, -0.2) is 11.0 Å². The maximum Gasteiger partial charge on any atom is 0.255 e. The van der Waals surface area contributed by atoms with E-state index in [1.54, 1.807) is 19.1 Å². The van der Waals surface area contributed by atoms with Gasteiger partial charge in [-0.15, -0.1) is 0 Å². The van der Waals surface area contributed by atoms with Gasteiger partial charge in [0.1, 0.15) is 5.75 Å². The molecule has 0 atom stereocenters. The zero-order chi connectivity index (χ0) is 14.8. The Labute approximate surface area is 122 Å². The minimum atomic E-state index is -0.187. The molecule has 0 fully saturated rings. The number of fused-ring (bicyclic) bond motifs is 1. The largest absolute Gasteiger partial charge is 0.508 e. The SMILES string of the molecule is Cc1cc(C(=O)Nc2ccc3ccccc3c2)ccc1O. The van der Waals surface area contributed by atoms with Gasteiger partial charge in [-0.1, -0.05) is 30.3 Å². The summed E-state index contributed by atoms with van der Waals surface area (Å²) in [6, 6.07) is 18.6. The summed E-state index contributed by atoms with van der Waals surface area (Å²) in [5, 5.41) is 14.6. The van der Waals surface area contributed by atoms with E-state index in [4.69, 9.17) is 0 Å². The van der Waals surface area contributed by atoms with Crippen molar-refractivity contribution in [2.24, 2.45) is 0 Å². The Morgan fingerprint density at radius 2 is 1.71 bits per heavy atom. The van der Waals surface area contributed by atoms with Gasteiger partial charge in [0.25, 0.3) is 5.91 Å². The van der Waals surface area contributed by atoms with Crippen LogP contribution in [0.5, 0.6) is 5.75 Å². The van der Waals surface area contributed by atoms with E-state index < -0.39 is 0 Å². The van der Waals surface area contributed by atoms with Gasteiger partial charge in [0.2, 0.25) is 0 Å². The molecule has 3 rings (SSSR count). The van der Waals surface area contributed by atoms with E-state index >= 15 is 0 Å². The molecule has 2 N–H and O–H groups in total. The first kappa shape index (κ1) is 13.2. The van der Waals surface area contributed by atoms with Crippen LogP contribution in [0, 0.1) is 6.92 Å². The van der Waals surface area contributed by atoms with E-state index in [9.17, 15) is 9.90 Å². The summed E-state index contributed by atoms with van der Waals surface area (Å²) in [6.07, 6.45) is 0. The second kappa shape index (κ2) is 5.29. The van der Waals surface area contributed by atoms with Gasteiger partial charge >= 0.3 is 0 Å². The molecule has 3 nitrogen and oxygen atoms in total. The van der Waals surface area contributed by atoms with Crippen LogP contribution in [-0.2, 0) is 0 Å². The molecule has 0 aliphatic heterocycles. The topological polar surface area (TPSA) is 49.3 Å². The Morgan fingerprint density at radius 1 is 0.952 bits per heavy atom. The Morgan fingerprint density at radius 3 is 2.48 bits per heavy atom. The molecule has 0 aromatic heterocycles. The van der Waals surface area contributed by atoms with Crippen molar-refractivity contribution in [1.29, 1.82) is 0 Å². The van der Waals surface area contributed by atoms with Crippen LogP contribution in [0.25, 0.3) is 10.8 Å². The molecule has 104 valence electrons. The van der Waals surface area contributed by atoms with Gasteiger partial charge in [-0.3, -0.25) is 4.79 Å². The smallest absolute Gasteiger partial charge is 0.255 e. The Bertz CT molecular complexity index is 824. The average Bonchev–Trinajstić information content (AvgIpc) is 2.50. The number of phenolic OH excluding ortho intramolecular Hbond substituents is 1. The first-order valence-corrected chi connectivity index (χ1v) is 6.73. The molecule has 0 aliphatic rings. The molecular weight excluding hydrogens is 262 g/mol. The molecule has 0 saturated carbocycles. The minimum absolute atomic E-state index is 0.187. The molecular formula is C18H15NO2. The van der Waals surface area contributed by atoms with Crippen molar-refractivity contribution < 1.29 is 9.90 Å². The van der Waals surface area contributed by atoms with Gasteiger partial charge in [-0.05, 0) is 53.6 Å². The van der Waals surface area contributed by atoms with E-state index in [0.717, 1.165) is 16.5 Å². The van der Waals surface area contributed by atoms with Crippen molar-refractivity contribution in [3.8, 4) is 5.75 Å². The third-order valence-corrected chi connectivity index (χ3v) is 3.47. The van der Waals surface area contributed by atoms with Crippen molar-refractivity contribution in [2.45, 2.75) is 6.92 Å². The third-order valence-electron chi connectivity index (χ3n) is 3.47. The Kier molecular flexibility index (Phi) is 3.32. The number of hydrogen-bond donors (Lipinski definition) is 2. The third kappa shape index (κ3) is 2.72. The van der Waals surface area contributed by atoms with E-state index in [1.807, 2.05) is 42.5 Å². The van der Waals surface area contributed by atoms with Crippen molar-refractivity contribution in [3.05, 3.63) is 71.8 Å². The van der Waals surface area contributed by atoms with Gasteiger partial charge in [0.15, 0.2) is 0 Å². The summed E-state index contributed by atoms with van der Waals surface area (Å²) in [6.45, 7) is 1.77. The van der Waals surface area contributed by atoms with Crippen LogP contribution in [0.4, 0.5) is 5.69 Å².